The Morgan fingerprint density at radius 1 is 1.19 bits per heavy atom. The fraction of sp³-hybridized carbons (Fsp3) is 0.353. The van der Waals surface area contributed by atoms with E-state index in [4.69, 9.17) is 4.42 Å². The van der Waals surface area contributed by atoms with E-state index in [1.165, 1.54) is 9.75 Å². The zero-order valence-electron chi connectivity index (χ0n) is 12.6. The average molecular weight is 300 g/mol. The second-order valence-corrected chi connectivity index (χ2v) is 6.72. The summed E-state index contributed by atoms with van der Waals surface area (Å²) in [5.41, 5.74) is 2.86. The van der Waals surface area contributed by atoms with Gasteiger partial charge >= 0.3 is 0 Å². The van der Waals surface area contributed by atoms with Crippen LogP contribution >= 0.6 is 11.3 Å². The number of benzene rings is 1. The average Bonchev–Trinajstić information content (AvgIpc) is 3.11. The second kappa shape index (κ2) is 5.90. The number of nitrogens with one attached hydrogen (secondary N) is 1. The van der Waals surface area contributed by atoms with E-state index in [-0.39, 0.29) is 0 Å². The van der Waals surface area contributed by atoms with Gasteiger partial charge in [0.15, 0.2) is 11.5 Å². The van der Waals surface area contributed by atoms with Crippen molar-refractivity contribution in [3.63, 3.8) is 0 Å². The van der Waals surface area contributed by atoms with Crippen LogP contribution in [0.2, 0.25) is 0 Å². The molecule has 1 aromatic carbocycles. The summed E-state index contributed by atoms with van der Waals surface area (Å²) in [6.07, 6.45) is 1.10. The van der Waals surface area contributed by atoms with E-state index in [1.807, 2.05) is 23.5 Å². The summed E-state index contributed by atoms with van der Waals surface area (Å²) >= 11 is 1.87. The maximum Gasteiger partial charge on any atom is 0.198 e. The number of nitrogens with zero attached hydrogens (tertiary/aromatic N) is 1. The van der Waals surface area contributed by atoms with Crippen LogP contribution in [0.25, 0.3) is 11.1 Å². The van der Waals surface area contributed by atoms with Crippen molar-refractivity contribution in [1.82, 2.24) is 4.98 Å². The molecule has 2 heterocycles. The molecule has 2 aromatic heterocycles. The van der Waals surface area contributed by atoms with Gasteiger partial charge in [0.25, 0.3) is 0 Å². The number of hydrogen-bond donors (Lipinski definition) is 1. The Balaban J connectivity index is 1.74. The van der Waals surface area contributed by atoms with Crippen molar-refractivity contribution in [3.8, 4) is 0 Å². The van der Waals surface area contributed by atoms with Crippen molar-refractivity contribution >= 4 is 28.1 Å². The molecule has 0 radical (unpaired) electrons. The second-order valence-electron chi connectivity index (χ2n) is 5.46. The summed E-state index contributed by atoms with van der Waals surface area (Å²) in [6.45, 7) is 7.22. The fourth-order valence-electron chi connectivity index (χ4n) is 2.20. The van der Waals surface area contributed by atoms with E-state index in [0.29, 0.717) is 5.92 Å². The Morgan fingerprint density at radius 3 is 2.71 bits per heavy atom. The minimum absolute atomic E-state index is 0.312. The normalized spacial score (nSPS) is 11.4. The number of thiophene rings is 1. The highest BCUT2D eigenvalue weighted by Crippen LogP contribution is 2.24. The molecule has 3 aromatic rings. The van der Waals surface area contributed by atoms with E-state index in [9.17, 15) is 0 Å². The summed E-state index contributed by atoms with van der Waals surface area (Å²) in [7, 11) is 0. The molecule has 0 amide bonds. The van der Waals surface area contributed by atoms with Crippen molar-refractivity contribution in [1.29, 1.82) is 0 Å². The smallest absolute Gasteiger partial charge is 0.198 e. The Bertz CT molecular complexity index is 742. The van der Waals surface area contributed by atoms with Crippen LogP contribution in [0.3, 0.4) is 0 Å². The molecule has 0 unspecified atom stereocenters. The van der Waals surface area contributed by atoms with Gasteiger partial charge in [-0.2, -0.15) is 0 Å². The first-order valence-corrected chi connectivity index (χ1v) is 8.19. The lowest BCUT2D eigenvalue weighted by atomic mass is 10.2. The fourth-order valence-corrected chi connectivity index (χ4v) is 3.10. The molecule has 3 rings (SSSR count). The maximum absolute atomic E-state index is 5.73. The lowest BCUT2D eigenvalue weighted by Crippen LogP contribution is -1.96. The van der Waals surface area contributed by atoms with Crippen molar-refractivity contribution in [2.45, 2.75) is 39.7 Å². The Kier molecular flexibility index (Phi) is 3.97. The molecule has 110 valence electrons. The third kappa shape index (κ3) is 3.10. The molecule has 0 aliphatic carbocycles. The molecule has 0 fully saturated rings. The summed E-state index contributed by atoms with van der Waals surface area (Å²) in [5, 5.41) is 3.46. The van der Waals surface area contributed by atoms with Gasteiger partial charge in [0.05, 0.1) is 0 Å². The van der Waals surface area contributed by atoms with Crippen LogP contribution in [-0.2, 0) is 13.0 Å². The molecule has 0 aliphatic rings. The molecule has 0 saturated carbocycles. The predicted octanol–water partition coefficient (Wildman–Crippen LogP) is 5.19. The molecule has 0 aliphatic heterocycles. The monoisotopic (exact) mass is 300 g/mol. The SMILES string of the molecule is CCc1ccc(CNc2ccc3oc(C(C)C)nc3c2)s1. The Labute approximate surface area is 129 Å². The molecular weight excluding hydrogens is 280 g/mol. The van der Waals surface area contributed by atoms with Gasteiger partial charge in [-0.3, -0.25) is 0 Å². The number of hydrogen-bond acceptors (Lipinski definition) is 4. The molecule has 3 nitrogen and oxygen atoms in total. The first kappa shape index (κ1) is 14.1. The van der Waals surface area contributed by atoms with Gasteiger partial charge < -0.3 is 9.73 Å². The zero-order chi connectivity index (χ0) is 14.8. The van der Waals surface area contributed by atoms with Gasteiger partial charge in [-0.05, 0) is 36.8 Å². The summed E-state index contributed by atoms with van der Waals surface area (Å²) in [6, 6.07) is 10.5. The van der Waals surface area contributed by atoms with Gasteiger partial charge in [-0.25, -0.2) is 4.98 Å². The maximum atomic E-state index is 5.73. The van der Waals surface area contributed by atoms with Gasteiger partial charge in [0.2, 0.25) is 0 Å². The molecule has 0 saturated heterocycles. The van der Waals surface area contributed by atoms with Crippen LogP contribution in [0, 0.1) is 0 Å². The van der Waals surface area contributed by atoms with Crippen LogP contribution in [-0.4, -0.2) is 4.98 Å². The molecule has 4 heteroatoms. The van der Waals surface area contributed by atoms with E-state index in [1.54, 1.807) is 0 Å². The highest BCUT2D eigenvalue weighted by atomic mass is 32.1. The van der Waals surface area contributed by atoms with E-state index in [0.717, 1.165) is 35.6 Å². The van der Waals surface area contributed by atoms with E-state index >= 15 is 0 Å². The first-order valence-electron chi connectivity index (χ1n) is 7.37. The van der Waals surface area contributed by atoms with Crippen molar-refractivity contribution < 1.29 is 4.42 Å². The lowest BCUT2D eigenvalue weighted by Gasteiger charge is -2.03. The van der Waals surface area contributed by atoms with E-state index in [2.05, 4.69) is 49.3 Å². The summed E-state index contributed by atoms with van der Waals surface area (Å²) in [5.74, 6) is 1.11. The molecule has 0 spiro atoms. The largest absolute Gasteiger partial charge is 0.440 e. The van der Waals surface area contributed by atoms with Crippen LogP contribution in [0.1, 0.15) is 42.3 Å². The zero-order valence-corrected chi connectivity index (χ0v) is 13.5. The first-order chi connectivity index (χ1) is 10.2. The quantitative estimate of drug-likeness (QED) is 0.705. The third-order valence-electron chi connectivity index (χ3n) is 3.43. The number of anilines is 1. The summed E-state index contributed by atoms with van der Waals surface area (Å²) in [4.78, 5) is 7.33. The predicted molar refractivity (Wildman–Crippen MR) is 89.1 cm³/mol. The highest BCUT2D eigenvalue weighted by Gasteiger charge is 2.09. The van der Waals surface area contributed by atoms with Gasteiger partial charge in [-0.1, -0.05) is 20.8 Å². The minimum Gasteiger partial charge on any atom is -0.440 e. The van der Waals surface area contributed by atoms with Crippen LogP contribution in [0.5, 0.6) is 0 Å². The third-order valence-corrected chi connectivity index (χ3v) is 4.66. The van der Waals surface area contributed by atoms with Gasteiger partial charge in [0, 0.05) is 27.9 Å². The number of aromatic nitrogens is 1. The Hall–Kier alpha value is -1.81. The molecular formula is C17H20N2OS. The van der Waals surface area contributed by atoms with Crippen LogP contribution in [0.4, 0.5) is 5.69 Å². The summed E-state index contributed by atoms with van der Waals surface area (Å²) < 4.78 is 5.73. The van der Waals surface area contributed by atoms with Gasteiger partial charge in [-0.15, -0.1) is 11.3 Å². The van der Waals surface area contributed by atoms with Crippen molar-refractivity contribution in [2.24, 2.45) is 0 Å². The number of rotatable bonds is 5. The van der Waals surface area contributed by atoms with Crippen molar-refractivity contribution in [3.05, 3.63) is 46.0 Å². The van der Waals surface area contributed by atoms with Crippen molar-refractivity contribution in [2.75, 3.05) is 5.32 Å². The standard InChI is InChI=1S/C17H20N2OS/c1-4-13-6-7-14(21-13)10-18-12-5-8-16-15(9-12)19-17(20-16)11(2)3/h5-9,11,18H,4,10H2,1-3H3. The molecule has 1 N–H and O–H groups in total. The topological polar surface area (TPSA) is 38.1 Å². The number of oxazole rings is 1. The molecule has 21 heavy (non-hydrogen) atoms. The van der Waals surface area contributed by atoms with Gasteiger partial charge in [0.1, 0.15) is 5.52 Å². The highest BCUT2D eigenvalue weighted by molar-refractivity contribution is 7.12. The molecule has 0 bridgehead atoms. The minimum atomic E-state index is 0.312. The van der Waals surface area contributed by atoms with Crippen LogP contribution < -0.4 is 5.32 Å². The number of fused-ring (bicyclic) bond motifs is 1. The van der Waals surface area contributed by atoms with E-state index < -0.39 is 0 Å². The molecule has 0 atom stereocenters. The Morgan fingerprint density at radius 2 is 2.00 bits per heavy atom. The van der Waals surface area contributed by atoms with Crippen LogP contribution in [0.15, 0.2) is 34.7 Å². The number of aryl methyl sites for hydroxylation is 1. The lowest BCUT2D eigenvalue weighted by molar-refractivity contribution is 0.501.